The predicted octanol–water partition coefficient (Wildman–Crippen LogP) is 4.08. The lowest BCUT2D eigenvalue weighted by Gasteiger charge is -2.23. The summed E-state index contributed by atoms with van der Waals surface area (Å²) in [6.45, 7) is 2.43. The van der Waals surface area contributed by atoms with Gasteiger partial charge in [0, 0.05) is 17.3 Å². The van der Waals surface area contributed by atoms with Gasteiger partial charge in [-0.3, -0.25) is 4.79 Å². The lowest BCUT2D eigenvalue weighted by molar-refractivity contribution is -0.120. The van der Waals surface area contributed by atoms with Crippen LogP contribution in [0.25, 0.3) is 0 Å². The van der Waals surface area contributed by atoms with Gasteiger partial charge in [0.2, 0.25) is 5.91 Å². The molecule has 0 aliphatic carbocycles. The fraction of sp³-hybridized carbons (Fsp3) is 0.222. The molecule has 0 aliphatic heterocycles. The Bertz CT molecular complexity index is 662. The molecule has 0 heterocycles. The molecule has 0 spiro atoms. The summed E-state index contributed by atoms with van der Waals surface area (Å²) in [6, 6.07) is 18.8. The van der Waals surface area contributed by atoms with Gasteiger partial charge in [-0.1, -0.05) is 41.9 Å². The molecule has 0 radical (unpaired) electrons. The van der Waals surface area contributed by atoms with Gasteiger partial charge in [0.25, 0.3) is 0 Å². The van der Waals surface area contributed by atoms with Gasteiger partial charge < -0.3 is 4.90 Å². The van der Waals surface area contributed by atoms with Gasteiger partial charge in [-0.25, -0.2) is 0 Å². The zero-order valence-corrected chi connectivity index (χ0v) is 13.1. The average molecular weight is 313 g/mol. The van der Waals surface area contributed by atoms with Gasteiger partial charge >= 0.3 is 0 Å². The van der Waals surface area contributed by atoms with E-state index in [4.69, 9.17) is 11.6 Å². The van der Waals surface area contributed by atoms with Crippen molar-refractivity contribution in [2.45, 2.75) is 13.3 Å². The first-order valence-corrected chi connectivity index (χ1v) is 7.54. The number of hydrogen-bond donors (Lipinski definition) is 0. The van der Waals surface area contributed by atoms with Crippen molar-refractivity contribution in [1.29, 1.82) is 5.26 Å². The Morgan fingerprint density at radius 3 is 2.36 bits per heavy atom. The minimum Gasteiger partial charge on any atom is -0.312 e. The topological polar surface area (TPSA) is 44.1 Å². The summed E-state index contributed by atoms with van der Waals surface area (Å²) in [7, 11) is 0. The van der Waals surface area contributed by atoms with Gasteiger partial charge in [0.15, 0.2) is 0 Å². The lowest BCUT2D eigenvalue weighted by Crippen LogP contribution is -2.36. The quantitative estimate of drug-likeness (QED) is 0.835. The number of carbonyl (C=O) groups is 1. The molecule has 22 heavy (non-hydrogen) atoms. The van der Waals surface area contributed by atoms with Crippen LogP contribution < -0.4 is 4.90 Å². The van der Waals surface area contributed by atoms with Crippen LogP contribution in [0.15, 0.2) is 54.6 Å². The Morgan fingerprint density at radius 1 is 1.18 bits per heavy atom. The van der Waals surface area contributed by atoms with Crippen molar-refractivity contribution >= 4 is 23.2 Å². The van der Waals surface area contributed by atoms with E-state index >= 15 is 0 Å². The molecule has 0 aliphatic rings. The molecule has 1 unspecified atom stereocenters. The third kappa shape index (κ3) is 3.87. The highest BCUT2D eigenvalue weighted by Crippen LogP contribution is 2.19. The molecule has 2 rings (SSSR count). The van der Waals surface area contributed by atoms with Crippen LogP contribution in [0, 0.1) is 17.2 Å². The van der Waals surface area contributed by atoms with E-state index in [1.54, 1.807) is 17.0 Å². The van der Waals surface area contributed by atoms with Crippen LogP contribution in [0.4, 0.5) is 5.69 Å². The van der Waals surface area contributed by atoms with Crippen LogP contribution in [-0.2, 0) is 11.2 Å². The van der Waals surface area contributed by atoms with Crippen molar-refractivity contribution in [3.8, 4) is 6.07 Å². The number of anilines is 1. The Balaban J connectivity index is 2.17. The molecule has 0 fully saturated rings. The first-order valence-electron chi connectivity index (χ1n) is 7.16. The van der Waals surface area contributed by atoms with Crippen LogP contribution in [0.3, 0.4) is 0 Å². The van der Waals surface area contributed by atoms with E-state index in [1.165, 1.54) is 0 Å². The van der Waals surface area contributed by atoms with Gasteiger partial charge in [-0.05, 0) is 43.2 Å². The van der Waals surface area contributed by atoms with Crippen LogP contribution in [0.5, 0.6) is 0 Å². The second kappa shape index (κ2) is 7.63. The minimum absolute atomic E-state index is 0.175. The van der Waals surface area contributed by atoms with Crippen molar-refractivity contribution in [3.05, 3.63) is 65.2 Å². The van der Waals surface area contributed by atoms with Crippen LogP contribution in [0.1, 0.15) is 12.5 Å². The van der Waals surface area contributed by atoms with Gasteiger partial charge in [0.1, 0.15) is 5.92 Å². The zero-order chi connectivity index (χ0) is 15.9. The Labute approximate surface area is 135 Å². The molecule has 0 saturated carbocycles. The molecular weight excluding hydrogens is 296 g/mol. The summed E-state index contributed by atoms with van der Waals surface area (Å²) in [4.78, 5) is 14.3. The zero-order valence-electron chi connectivity index (χ0n) is 12.4. The molecule has 0 bridgehead atoms. The summed E-state index contributed by atoms with van der Waals surface area (Å²) in [5.74, 6) is -0.882. The molecule has 3 nitrogen and oxygen atoms in total. The predicted molar refractivity (Wildman–Crippen MR) is 88.7 cm³/mol. The number of nitrogens with zero attached hydrogens (tertiary/aromatic N) is 2. The molecular formula is C18H17ClN2O. The van der Waals surface area contributed by atoms with Gasteiger partial charge in [-0.2, -0.15) is 5.26 Å². The number of para-hydroxylation sites is 1. The van der Waals surface area contributed by atoms with Crippen molar-refractivity contribution < 1.29 is 4.79 Å². The van der Waals surface area contributed by atoms with Crippen LogP contribution in [-0.4, -0.2) is 12.5 Å². The van der Waals surface area contributed by atoms with E-state index in [-0.39, 0.29) is 5.91 Å². The third-order valence-corrected chi connectivity index (χ3v) is 3.71. The Hall–Kier alpha value is -2.31. The molecule has 0 N–H and O–H groups in total. The van der Waals surface area contributed by atoms with Gasteiger partial charge in [0.05, 0.1) is 6.07 Å². The van der Waals surface area contributed by atoms with Crippen molar-refractivity contribution in [2.24, 2.45) is 5.92 Å². The maximum Gasteiger partial charge on any atom is 0.244 e. The van der Waals surface area contributed by atoms with Crippen molar-refractivity contribution in [3.63, 3.8) is 0 Å². The molecule has 1 atom stereocenters. The van der Waals surface area contributed by atoms with Crippen molar-refractivity contribution in [2.75, 3.05) is 11.4 Å². The van der Waals surface area contributed by atoms with Crippen LogP contribution in [0.2, 0.25) is 5.02 Å². The maximum absolute atomic E-state index is 12.7. The second-order valence-electron chi connectivity index (χ2n) is 4.93. The number of carbonyl (C=O) groups excluding carboxylic acids is 1. The van der Waals surface area contributed by atoms with E-state index in [9.17, 15) is 10.1 Å². The average Bonchev–Trinajstić information content (AvgIpc) is 2.56. The smallest absolute Gasteiger partial charge is 0.244 e. The number of benzene rings is 2. The van der Waals surface area contributed by atoms with E-state index in [0.717, 1.165) is 11.3 Å². The Kier molecular flexibility index (Phi) is 5.57. The maximum atomic E-state index is 12.7. The number of hydrogen-bond acceptors (Lipinski definition) is 2. The first kappa shape index (κ1) is 16.1. The number of amides is 1. The standard InChI is InChI=1S/C18H17ClN2O/c1-2-21(17-6-4-3-5-7-17)18(22)15(13-20)12-14-8-10-16(19)11-9-14/h3-11,15H,2,12H2,1H3. The molecule has 2 aromatic rings. The Morgan fingerprint density at radius 2 is 1.82 bits per heavy atom. The largest absolute Gasteiger partial charge is 0.312 e. The molecule has 1 amide bonds. The molecule has 0 aromatic heterocycles. The van der Waals surface area contributed by atoms with E-state index < -0.39 is 5.92 Å². The van der Waals surface area contributed by atoms with Crippen LogP contribution >= 0.6 is 11.6 Å². The fourth-order valence-corrected chi connectivity index (χ4v) is 2.43. The molecule has 2 aromatic carbocycles. The number of rotatable bonds is 5. The monoisotopic (exact) mass is 312 g/mol. The second-order valence-corrected chi connectivity index (χ2v) is 5.37. The number of halogens is 1. The summed E-state index contributed by atoms with van der Waals surface area (Å²) < 4.78 is 0. The fourth-order valence-electron chi connectivity index (χ4n) is 2.31. The third-order valence-electron chi connectivity index (χ3n) is 3.46. The SMILES string of the molecule is CCN(C(=O)C(C#N)Cc1ccc(Cl)cc1)c1ccccc1. The van der Waals surface area contributed by atoms with E-state index in [1.807, 2.05) is 49.4 Å². The molecule has 112 valence electrons. The summed E-state index contributed by atoms with van der Waals surface area (Å²) >= 11 is 5.86. The molecule has 0 saturated heterocycles. The van der Waals surface area contributed by atoms with Crippen molar-refractivity contribution in [1.82, 2.24) is 0 Å². The first-order chi connectivity index (χ1) is 10.7. The lowest BCUT2D eigenvalue weighted by atomic mass is 9.99. The highest BCUT2D eigenvalue weighted by Gasteiger charge is 2.24. The number of nitriles is 1. The minimum atomic E-state index is -0.707. The summed E-state index contributed by atoms with van der Waals surface area (Å²) in [5.41, 5.74) is 1.74. The van der Waals surface area contributed by atoms with E-state index in [0.29, 0.717) is 18.0 Å². The normalized spacial score (nSPS) is 11.5. The summed E-state index contributed by atoms with van der Waals surface area (Å²) in [5, 5.41) is 10.0. The van der Waals surface area contributed by atoms with E-state index in [2.05, 4.69) is 6.07 Å². The summed E-state index contributed by atoms with van der Waals surface area (Å²) in [6.07, 6.45) is 0.385. The molecule has 4 heteroatoms. The van der Waals surface area contributed by atoms with Gasteiger partial charge in [-0.15, -0.1) is 0 Å². The highest BCUT2D eigenvalue weighted by molar-refractivity contribution is 6.30. The highest BCUT2D eigenvalue weighted by atomic mass is 35.5.